The van der Waals surface area contributed by atoms with Gasteiger partial charge in [0, 0.05) is 26.2 Å². The highest BCUT2D eigenvalue weighted by atomic mass is 32.2. The predicted octanol–water partition coefficient (Wildman–Crippen LogP) is 2.69. The summed E-state index contributed by atoms with van der Waals surface area (Å²) in [7, 11) is -3.63. The Balaban J connectivity index is 1.64. The molecule has 32 heavy (non-hydrogen) atoms. The van der Waals surface area contributed by atoms with E-state index in [0.717, 1.165) is 50.2 Å². The Labute approximate surface area is 191 Å². The van der Waals surface area contributed by atoms with Gasteiger partial charge in [-0.2, -0.15) is 0 Å². The molecule has 8 heteroatoms. The Kier molecular flexibility index (Phi) is 8.28. The van der Waals surface area contributed by atoms with Gasteiger partial charge in [-0.3, -0.25) is 14.0 Å². The van der Waals surface area contributed by atoms with Crippen LogP contribution in [-0.4, -0.2) is 57.8 Å². The molecule has 0 aromatic heterocycles. The van der Waals surface area contributed by atoms with Gasteiger partial charge in [-0.25, -0.2) is 8.42 Å². The minimum Gasteiger partial charge on any atom is -0.379 e. The molecule has 174 valence electrons. The average Bonchev–Trinajstić information content (AvgIpc) is 2.77. The molecule has 1 N–H and O–H groups in total. The number of amides is 1. The Morgan fingerprint density at radius 2 is 1.66 bits per heavy atom. The fourth-order valence-electron chi connectivity index (χ4n) is 3.84. The van der Waals surface area contributed by atoms with Crippen LogP contribution in [0.2, 0.25) is 0 Å². The fourth-order valence-corrected chi connectivity index (χ4v) is 5.05. The molecular formula is C24H33N3O4S. The zero-order valence-electron chi connectivity index (χ0n) is 19.1. The van der Waals surface area contributed by atoms with Gasteiger partial charge in [0.2, 0.25) is 15.9 Å². The number of aryl methyl sites for hydroxylation is 1. The van der Waals surface area contributed by atoms with Gasteiger partial charge in [0.25, 0.3) is 0 Å². The van der Waals surface area contributed by atoms with Crippen molar-refractivity contribution in [3.8, 4) is 0 Å². The number of hydrogen-bond donors (Lipinski definition) is 1. The number of carbonyl (C=O) groups is 1. The quantitative estimate of drug-likeness (QED) is 0.624. The van der Waals surface area contributed by atoms with E-state index in [4.69, 9.17) is 4.74 Å². The van der Waals surface area contributed by atoms with Gasteiger partial charge in [-0.1, -0.05) is 48.9 Å². The molecule has 2 aromatic carbocycles. The third kappa shape index (κ3) is 6.54. The van der Waals surface area contributed by atoms with Crippen molar-refractivity contribution in [2.75, 3.05) is 36.9 Å². The van der Waals surface area contributed by atoms with E-state index < -0.39 is 16.1 Å². The van der Waals surface area contributed by atoms with Gasteiger partial charge in [0.1, 0.15) is 6.04 Å². The number of benzene rings is 2. The molecule has 0 saturated carbocycles. The highest BCUT2D eigenvalue weighted by Gasteiger charge is 2.31. The van der Waals surface area contributed by atoms with Gasteiger partial charge in [-0.15, -0.1) is 0 Å². The van der Waals surface area contributed by atoms with E-state index in [1.165, 1.54) is 9.87 Å². The zero-order chi connectivity index (χ0) is 23.1. The number of sulfonamides is 1. The van der Waals surface area contributed by atoms with Crippen LogP contribution < -0.4 is 9.62 Å². The van der Waals surface area contributed by atoms with Crippen LogP contribution in [0, 0.1) is 6.92 Å². The van der Waals surface area contributed by atoms with Crippen LogP contribution in [0.3, 0.4) is 0 Å². The summed E-state index contributed by atoms with van der Waals surface area (Å²) in [6.45, 7) is 8.40. The van der Waals surface area contributed by atoms with Gasteiger partial charge < -0.3 is 10.1 Å². The number of anilines is 1. The summed E-state index contributed by atoms with van der Waals surface area (Å²) < 4.78 is 31.7. The molecule has 1 unspecified atom stereocenters. The largest absolute Gasteiger partial charge is 0.379 e. The van der Waals surface area contributed by atoms with E-state index in [9.17, 15) is 13.2 Å². The molecule has 1 heterocycles. The third-order valence-electron chi connectivity index (χ3n) is 5.62. The van der Waals surface area contributed by atoms with Gasteiger partial charge in [-0.05, 0) is 36.6 Å². The SMILES string of the molecule is CCC(C(=O)NCc1ccc(CN2CCOCC2)cc1)N(c1ccc(C)cc1)S(C)(=O)=O. The Hall–Kier alpha value is -2.42. The van der Waals surface area contributed by atoms with Crippen molar-refractivity contribution in [1.82, 2.24) is 10.2 Å². The molecule has 2 aromatic rings. The summed E-state index contributed by atoms with van der Waals surface area (Å²) in [4.78, 5) is 15.3. The molecule has 3 rings (SSSR count). The number of rotatable bonds is 9. The molecule has 1 fully saturated rings. The summed E-state index contributed by atoms with van der Waals surface area (Å²) in [5, 5.41) is 2.91. The summed E-state index contributed by atoms with van der Waals surface area (Å²) >= 11 is 0. The zero-order valence-corrected chi connectivity index (χ0v) is 19.9. The van der Waals surface area contributed by atoms with E-state index in [1.54, 1.807) is 12.1 Å². The van der Waals surface area contributed by atoms with E-state index in [2.05, 4.69) is 22.3 Å². The molecule has 1 atom stereocenters. The summed E-state index contributed by atoms with van der Waals surface area (Å²) in [5.74, 6) is -0.309. The van der Waals surface area contributed by atoms with Gasteiger partial charge in [0.05, 0.1) is 25.2 Å². The lowest BCUT2D eigenvalue weighted by molar-refractivity contribution is -0.122. The number of nitrogens with one attached hydrogen (secondary N) is 1. The van der Waals surface area contributed by atoms with Crippen molar-refractivity contribution in [3.05, 3.63) is 65.2 Å². The number of ether oxygens (including phenoxy) is 1. The minimum absolute atomic E-state index is 0.309. The van der Waals surface area contributed by atoms with Crippen molar-refractivity contribution >= 4 is 21.6 Å². The molecule has 7 nitrogen and oxygen atoms in total. The van der Waals surface area contributed by atoms with Crippen LogP contribution in [-0.2, 0) is 32.6 Å². The Morgan fingerprint density at radius 3 is 2.22 bits per heavy atom. The fraction of sp³-hybridized carbons (Fsp3) is 0.458. The highest BCUT2D eigenvalue weighted by Crippen LogP contribution is 2.23. The van der Waals surface area contributed by atoms with E-state index in [-0.39, 0.29) is 5.91 Å². The smallest absolute Gasteiger partial charge is 0.244 e. The first kappa shape index (κ1) is 24.2. The first-order valence-corrected chi connectivity index (χ1v) is 12.8. The molecule has 1 aliphatic rings. The molecule has 1 amide bonds. The highest BCUT2D eigenvalue weighted by molar-refractivity contribution is 7.92. The summed E-state index contributed by atoms with van der Waals surface area (Å²) in [6, 6.07) is 14.5. The lowest BCUT2D eigenvalue weighted by Gasteiger charge is -2.30. The number of nitrogens with zero attached hydrogens (tertiary/aromatic N) is 2. The van der Waals surface area contributed by atoms with Crippen molar-refractivity contribution in [1.29, 1.82) is 0 Å². The Morgan fingerprint density at radius 1 is 1.06 bits per heavy atom. The van der Waals surface area contributed by atoms with Crippen molar-refractivity contribution < 1.29 is 17.9 Å². The maximum absolute atomic E-state index is 13.0. The molecule has 0 spiro atoms. The van der Waals surface area contributed by atoms with Crippen LogP contribution in [0.4, 0.5) is 5.69 Å². The standard InChI is InChI=1S/C24H33N3O4S/c1-4-23(27(32(3,29)30)22-11-5-19(2)6-12-22)24(28)25-17-20-7-9-21(10-8-20)18-26-13-15-31-16-14-26/h5-12,23H,4,13-18H2,1-3H3,(H,25,28). The second kappa shape index (κ2) is 10.9. The van der Waals surface area contributed by atoms with E-state index in [0.29, 0.717) is 18.7 Å². The summed E-state index contributed by atoms with van der Waals surface area (Å²) in [6.07, 6.45) is 1.50. The molecule has 0 radical (unpaired) electrons. The lowest BCUT2D eigenvalue weighted by Crippen LogP contribution is -2.49. The Bertz CT molecular complexity index is 985. The van der Waals surface area contributed by atoms with E-state index in [1.807, 2.05) is 38.1 Å². The first-order valence-electron chi connectivity index (χ1n) is 11.0. The predicted molar refractivity (Wildman–Crippen MR) is 127 cm³/mol. The molecule has 1 aliphatic heterocycles. The molecule has 1 saturated heterocycles. The normalized spacial score (nSPS) is 15.8. The van der Waals surface area contributed by atoms with Crippen molar-refractivity contribution in [3.63, 3.8) is 0 Å². The van der Waals surface area contributed by atoms with Crippen molar-refractivity contribution in [2.24, 2.45) is 0 Å². The van der Waals surface area contributed by atoms with Crippen molar-refractivity contribution in [2.45, 2.75) is 39.4 Å². The lowest BCUT2D eigenvalue weighted by atomic mass is 10.1. The summed E-state index contributed by atoms with van der Waals surface area (Å²) in [5.41, 5.74) is 3.71. The van der Waals surface area contributed by atoms with Crippen LogP contribution in [0.25, 0.3) is 0 Å². The average molecular weight is 460 g/mol. The monoisotopic (exact) mass is 459 g/mol. The second-order valence-electron chi connectivity index (χ2n) is 8.24. The maximum atomic E-state index is 13.0. The third-order valence-corrected chi connectivity index (χ3v) is 6.80. The van der Waals surface area contributed by atoms with Gasteiger partial charge in [0.15, 0.2) is 0 Å². The van der Waals surface area contributed by atoms with Crippen LogP contribution in [0.1, 0.15) is 30.0 Å². The topological polar surface area (TPSA) is 79.0 Å². The molecule has 0 bridgehead atoms. The number of morpholine rings is 1. The van der Waals surface area contributed by atoms with E-state index >= 15 is 0 Å². The number of hydrogen-bond acceptors (Lipinski definition) is 5. The maximum Gasteiger partial charge on any atom is 0.244 e. The number of carbonyl (C=O) groups excluding carboxylic acids is 1. The van der Waals surface area contributed by atoms with Crippen LogP contribution in [0.15, 0.2) is 48.5 Å². The first-order chi connectivity index (χ1) is 15.3. The molecular weight excluding hydrogens is 426 g/mol. The van der Waals surface area contributed by atoms with Crippen LogP contribution >= 0.6 is 0 Å². The van der Waals surface area contributed by atoms with Crippen LogP contribution in [0.5, 0.6) is 0 Å². The molecule has 0 aliphatic carbocycles. The minimum atomic E-state index is -3.63. The second-order valence-corrected chi connectivity index (χ2v) is 10.1. The van der Waals surface area contributed by atoms with Gasteiger partial charge >= 0.3 is 0 Å².